The number of amides is 1. The number of hydrogen-bond donors (Lipinski definition) is 3. The Balaban J connectivity index is 3.69. The number of carbonyl (C=O) groups excluding carboxylic acids is 2. The Bertz CT molecular complexity index is 1050. The van der Waals surface area contributed by atoms with Crippen LogP contribution in [0.1, 0.15) is 168 Å². The third-order valence-corrected chi connectivity index (χ3v) is 9.45. The van der Waals surface area contributed by atoms with Crippen molar-refractivity contribution in [2.24, 2.45) is 0 Å². The number of phosphoric ester groups is 1. The second-order valence-electron chi connectivity index (χ2n) is 13.6. The van der Waals surface area contributed by atoms with E-state index >= 15 is 0 Å². The van der Waals surface area contributed by atoms with Crippen molar-refractivity contribution in [3.8, 4) is 0 Å². The monoisotopic (exact) mass is 766 g/mol. The molecule has 0 bridgehead atoms. The molecule has 53 heavy (non-hydrogen) atoms. The van der Waals surface area contributed by atoms with Gasteiger partial charge in [0.05, 0.1) is 13.2 Å². The van der Waals surface area contributed by atoms with Gasteiger partial charge in [0.25, 0.3) is 0 Å². The van der Waals surface area contributed by atoms with Gasteiger partial charge in [0.15, 0.2) is 0 Å². The van der Waals surface area contributed by atoms with E-state index in [2.05, 4.69) is 73.8 Å². The van der Waals surface area contributed by atoms with E-state index in [1.54, 1.807) is 0 Å². The van der Waals surface area contributed by atoms with E-state index in [0.717, 1.165) is 57.8 Å². The second-order valence-corrected chi connectivity index (χ2v) is 15.0. The Morgan fingerprint density at radius 2 is 1.08 bits per heavy atom. The molecule has 0 rings (SSSR count). The van der Waals surface area contributed by atoms with Crippen LogP contribution >= 0.6 is 7.82 Å². The molecule has 0 aromatic rings. The highest BCUT2D eigenvalue weighted by Gasteiger charge is 2.23. The molecule has 0 aromatic heterocycles. The van der Waals surface area contributed by atoms with Crippen molar-refractivity contribution in [3.05, 3.63) is 60.8 Å². The second kappa shape index (κ2) is 39.4. The largest absolute Gasteiger partial charge is 0.472 e. The molecule has 0 aromatic carbocycles. The molecule has 0 fully saturated rings. The Labute approximate surface area is 323 Å². The zero-order valence-electron chi connectivity index (χ0n) is 33.4. The number of unbranched alkanes of at least 4 members (excludes halogenated alkanes) is 15. The summed E-state index contributed by atoms with van der Waals surface area (Å²) in [5, 5.41) is 12.7. The van der Waals surface area contributed by atoms with Crippen LogP contribution in [-0.2, 0) is 27.9 Å². The summed E-state index contributed by atoms with van der Waals surface area (Å²) >= 11 is 0. The average Bonchev–Trinajstić information content (AvgIpc) is 3.14. The van der Waals surface area contributed by atoms with Gasteiger partial charge in [-0.05, 0) is 51.4 Å². The van der Waals surface area contributed by atoms with E-state index in [-0.39, 0.29) is 32.1 Å². The van der Waals surface area contributed by atoms with Gasteiger partial charge < -0.3 is 20.1 Å². The first-order chi connectivity index (χ1) is 25.8. The molecule has 0 aliphatic heterocycles. The Kier molecular flexibility index (Phi) is 37.7. The predicted octanol–water partition coefficient (Wildman–Crippen LogP) is 11.3. The average molecular weight is 766 g/mol. The van der Waals surface area contributed by atoms with Crippen LogP contribution in [0.15, 0.2) is 60.8 Å². The van der Waals surface area contributed by atoms with Crippen LogP contribution in [0.5, 0.6) is 0 Å². The summed E-state index contributed by atoms with van der Waals surface area (Å²) < 4.78 is 26.8. The number of rotatable bonds is 38. The molecule has 1 amide bonds. The van der Waals surface area contributed by atoms with Crippen molar-refractivity contribution >= 4 is 19.7 Å². The molecule has 2 unspecified atom stereocenters. The van der Waals surface area contributed by atoms with Crippen LogP contribution in [-0.4, -0.2) is 54.3 Å². The van der Waals surface area contributed by atoms with Gasteiger partial charge in [0.2, 0.25) is 5.91 Å². The van der Waals surface area contributed by atoms with Crippen LogP contribution in [0.3, 0.4) is 0 Å². The van der Waals surface area contributed by atoms with Gasteiger partial charge in [0, 0.05) is 19.4 Å². The molecule has 0 spiro atoms. The molecule has 0 saturated carbocycles. The van der Waals surface area contributed by atoms with Crippen molar-refractivity contribution in [1.82, 2.24) is 5.32 Å². The number of hydrogen-bond acceptors (Lipinski definition) is 7. The van der Waals surface area contributed by atoms with E-state index in [9.17, 15) is 24.2 Å². The number of phosphoric acid groups is 1. The molecule has 306 valence electrons. The first-order valence-electron chi connectivity index (χ1n) is 20.8. The summed E-state index contributed by atoms with van der Waals surface area (Å²) in [6, 6.07) is 0. The first-order valence-corrected chi connectivity index (χ1v) is 22.3. The minimum Gasteiger partial charge on any atom is -0.463 e. The Hall–Kier alpha value is -2.29. The normalized spacial score (nSPS) is 14.0. The maximum absolute atomic E-state index is 12.1. The summed E-state index contributed by atoms with van der Waals surface area (Å²) in [4.78, 5) is 33.8. The zero-order valence-corrected chi connectivity index (χ0v) is 34.3. The Morgan fingerprint density at radius 1 is 0.604 bits per heavy atom. The third kappa shape index (κ3) is 40.7. The van der Waals surface area contributed by atoms with Crippen molar-refractivity contribution in [2.75, 3.05) is 26.4 Å². The molecule has 10 heteroatoms. The highest BCUT2D eigenvalue weighted by atomic mass is 31.2. The molecular formula is C43H76NO8P. The number of esters is 1. The lowest BCUT2D eigenvalue weighted by Gasteiger charge is -2.15. The molecule has 9 nitrogen and oxygen atoms in total. The van der Waals surface area contributed by atoms with E-state index in [1.807, 2.05) is 6.08 Å². The zero-order chi connectivity index (χ0) is 38.9. The lowest BCUT2D eigenvalue weighted by atomic mass is 10.0. The number of ether oxygens (including phenoxy) is 1. The van der Waals surface area contributed by atoms with E-state index < -0.39 is 26.5 Å². The molecule has 0 saturated heterocycles. The van der Waals surface area contributed by atoms with Crippen LogP contribution in [0, 0.1) is 0 Å². The maximum atomic E-state index is 12.1. The third-order valence-electron chi connectivity index (χ3n) is 8.46. The standard InChI is InChI=1S/C43H76NO8P/c1-3-5-7-9-11-13-15-17-19-20-22-24-26-28-30-32-34-36-43(47)50-39-41(45)40-52-53(48,49)51-38-37-44-42(46)35-33-31-29-27-25-23-21-18-16-14-12-10-8-6-4-2/h5,7,11,13,17,19,22,24,28,30,41,45H,3-4,6,8-10,12,14-16,18,20-21,23,25-27,29,31-40H2,1-2H3,(H,44,46)(H,48,49)/b7-5-,13-11-,19-17-,24-22-,30-28-. The van der Waals surface area contributed by atoms with Crippen molar-refractivity contribution in [2.45, 2.75) is 174 Å². The molecule has 0 radical (unpaired) electrons. The fourth-order valence-corrected chi connectivity index (χ4v) is 6.11. The van der Waals surface area contributed by atoms with E-state index in [1.165, 1.54) is 77.0 Å². The van der Waals surface area contributed by atoms with Crippen LogP contribution < -0.4 is 5.32 Å². The van der Waals surface area contributed by atoms with Gasteiger partial charge in [-0.1, -0.05) is 164 Å². The fraction of sp³-hybridized carbons (Fsp3) is 0.721. The van der Waals surface area contributed by atoms with E-state index in [4.69, 9.17) is 13.8 Å². The van der Waals surface area contributed by atoms with Crippen LogP contribution in [0.4, 0.5) is 0 Å². The lowest BCUT2D eigenvalue weighted by molar-refractivity contribution is -0.147. The van der Waals surface area contributed by atoms with Crippen molar-refractivity contribution in [3.63, 3.8) is 0 Å². The smallest absolute Gasteiger partial charge is 0.463 e. The summed E-state index contributed by atoms with van der Waals surface area (Å²) in [6.07, 6.45) is 45.8. The number of aliphatic hydroxyl groups is 1. The highest BCUT2D eigenvalue weighted by Crippen LogP contribution is 2.42. The molecule has 2 atom stereocenters. The number of nitrogens with one attached hydrogen (secondary N) is 1. The summed E-state index contributed by atoms with van der Waals surface area (Å²) in [5.74, 6) is -0.577. The van der Waals surface area contributed by atoms with Gasteiger partial charge in [0.1, 0.15) is 12.7 Å². The van der Waals surface area contributed by atoms with Crippen molar-refractivity contribution < 1.29 is 37.9 Å². The van der Waals surface area contributed by atoms with Gasteiger partial charge in [-0.15, -0.1) is 0 Å². The van der Waals surface area contributed by atoms with Gasteiger partial charge in [-0.2, -0.15) is 0 Å². The quantitative estimate of drug-likeness (QED) is 0.0245. The van der Waals surface area contributed by atoms with Gasteiger partial charge in [-0.25, -0.2) is 4.57 Å². The first kappa shape index (κ1) is 50.7. The fourth-order valence-electron chi connectivity index (χ4n) is 5.36. The van der Waals surface area contributed by atoms with E-state index in [0.29, 0.717) is 12.8 Å². The predicted molar refractivity (Wildman–Crippen MR) is 220 cm³/mol. The minimum absolute atomic E-state index is 0.0747. The van der Waals surface area contributed by atoms with Gasteiger partial charge >= 0.3 is 13.8 Å². The molecule has 0 heterocycles. The number of carbonyl (C=O) groups is 2. The molecule has 0 aliphatic carbocycles. The molecule has 0 aliphatic rings. The van der Waals surface area contributed by atoms with Crippen LogP contribution in [0.2, 0.25) is 0 Å². The summed E-state index contributed by atoms with van der Waals surface area (Å²) in [6.45, 7) is 3.37. The van der Waals surface area contributed by atoms with Crippen molar-refractivity contribution in [1.29, 1.82) is 0 Å². The highest BCUT2D eigenvalue weighted by molar-refractivity contribution is 7.47. The van der Waals surface area contributed by atoms with Gasteiger partial charge in [-0.3, -0.25) is 18.6 Å². The SMILES string of the molecule is CC/C=C\C/C=C\C/C=C\C/C=C\C/C=C\CCCC(=O)OCC(O)COP(=O)(O)OCCNC(=O)CCCCCCCCCCCCCCCCC. The topological polar surface area (TPSA) is 131 Å². The lowest BCUT2D eigenvalue weighted by Crippen LogP contribution is -2.27. The summed E-state index contributed by atoms with van der Waals surface area (Å²) in [5.41, 5.74) is 0. The number of allylic oxidation sites excluding steroid dienone is 10. The summed E-state index contributed by atoms with van der Waals surface area (Å²) in [7, 11) is -4.43. The molecule has 3 N–H and O–H groups in total. The Morgan fingerprint density at radius 3 is 1.58 bits per heavy atom. The number of aliphatic hydroxyl groups excluding tert-OH is 1. The molecular weight excluding hydrogens is 689 g/mol. The maximum Gasteiger partial charge on any atom is 0.472 e. The van der Waals surface area contributed by atoms with Crippen LogP contribution in [0.25, 0.3) is 0 Å². The minimum atomic E-state index is -4.43.